The summed E-state index contributed by atoms with van der Waals surface area (Å²) in [6, 6.07) is 9.85. The number of halogens is 3. The van der Waals surface area contributed by atoms with E-state index < -0.39 is 6.36 Å². The minimum Gasteiger partial charge on any atom is -0.497 e. The van der Waals surface area contributed by atoms with E-state index in [2.05, 4.69) is 4.74 Å². The maximum Gasteiger partial charge on any atom is 0.573 e. The molecule has 0 heterocycles. The van der Waals surface area contributed by atoms with Crippen molar-refractivity contribution in [2.24, 2.45) is 0 Å². The molecule has 2 N–H and O–H groups in total. The van der Waals surface area contributed by atoms with E-state index in [0.29, 0.717) is 22.9 Å². The van der Waals surface area contributed by atoms with E-state index in [-0.39, 0.29) is 5.75 Å². The normalized spacial score (nSPS) is 11.0. The largest absolute Gasteiger partial charge is 0.573 e. The van der Waals surface area contributed by atoms with Crippen molar-refractivity contribution >= 4 is 5.69 Å². The minimum absolute atomic E-state index is 0.324. The van der Waals surface area contributed by atoms with Crippen molar-refractivity contribution in [3.63, 3.8) is 0 Å². The molecule has 0 aliphatic carbocycles. The maximum atomic E-state index is 12.0. The van der Waals surface area contributed by atoms with Crippen molar-refractivity contribution in [1.29, 1.82) is 0 Å². The van der Waals surface area contributed by atoms with Crippen LogP contribution < -0.4 is 19.9 Å². The number of rotatable bonds is 4. The molecule has 0 bridgehead atoms. The summed E-state index contributed by atoms with van der Waals surface area (Å²) in [6.45, 7) is 0. The van der Waals surface area contributed by atoms with E-state index in [9.17, 15) is 13.2 Å². The standard InChI is InChI=1S/C14H12F3NO3/c1-19-11-6-7-12(18)13(8-11)20-9-2-4-10(5-3-9)21-14(15,16)17/h2-8H,18H2,1H3. The van der Waals surface area contributed by atoms with E-state index in [1.54, 1.807) is 18.2 Å². The summed E-state index contributed by atoms with van der Waals surface area (Å²) in [5.74, 6) is 0.896. The Morgan fingerprint density at radius 3 is 2.05 bits per heavy atom. The molecule has 0 saturated carbocycles. The lowest BCUT2D eigenvalue weighted by Crippen LogP contribution is -2.16. The zero-order valence-electron chi connectivity index (χ0n) is 11.0. The highest BCUT2D eigenvalue weighted by Crippen LogP contribution is 2.32. The number of methoxy groups -OCH3 is 1. The Balaban J connectivity index is 2.13. The molecule has 0 radical (unpaired) electrons. The van der Waals surface area contributed by atoms with Gasteiger partial charge in [0.15, 0.2) is 5.75 Å². The maximum absolute atomic E-state index is 12.0. The number of hydrogen-bond acceptors (Lipinski definition) is 4. The van der Waals surface area contributed by atoms with Gasteiger partial charge in [-0.15, -0.1) is 13.2 Å². The number of alkyl halides is 3. The Morgan fingerprint density at radius 2 is 1.48 bits per heavy atom. The van der Waals surface area contributed by atoms with Crippen molar-refractivity contribution in [3.05, 3.63) is 42.5 Å². The average Bonchev–Trinajstić information content (AvgIpc) is 2.42. The molecule has 112 valence electrons. The predicted octanol–water partition coefficient (Wildman–Crippen LogP) is 3.97. The molecular formula is C14H12F3NO3. The Morgan fingerprint density at radius 1 is 0.905 bits per heavy atom. The lowest BCUT2D eigenvalue weighted by Gasteiger charge is -2.11. The second-order valence-electron chi connectivity index (χ2n) is 4.03. The summed E-state index contributed by atoms with van der Waals surface area (Å²) in [6.07, 6.45) is -4.72. The van der Waals surface area contributed by atoms with Crippen molar-refractivity contribution < 1.29 is 27.4 Å². The molecular weight excluding hydrogens is 287 g/mol. The molecule has 4 nitrogen and oxygen atoms in total. The lowest BCUT2D eigenvalue weighted by atomic mass is 10.2. The van der Waals surface area contributed by atoms with Gasteiger partial charge in [0, 0.05) is 6.07 Å². The molecule has 21 heavy (non-hydrogen) atoms. The van der Waals surface area contributed by atoms with Gasteiger partial charge in [0.25, 0.3) is 0 Å². The molecule has 0 saturated heterocycles. The van der Waals surface area contributed by atoms with Gasteiger partial charge in [-0.3, -0.25) is 0 Å². The van der Waals surface area contributed by atoms with Crippen LogP contribution in [-0.2, 0) is 0 Å². The van der Waals surface area contributed by atoms with Gasteiger partial charge < -0.3 is 19.9 Å². The fraction of sp³-hybridized carbons (Fsp3) is 0.143. The second-order valence-corrected chi connectivity index (χ2v) is 4.03. The number of nitrogens with two attached hydrogens (primary N) is 1. The summed E-state index contributed by atoms with van der Waals surface area (Å²) in [5, 5.41) is 0. The Labute approximate surface area is 118 Å². The third-order valence-corrected chi connectivity index (χ3v) is 2.51. The van der Waals surface area contributed by atoms with Crippen LogP contribution in [0.25, 0.3) is 0 Å². The molecule has 0 aliphatic heterocycles. The van der Waals surface area contributed by atoms with E-state index >= 15 is 0 Å². The monoisotopic (exact) mass is 299 g/mol. The van der Waals surface area contributed by atoms with Crippen molar-refractivity contribution in [3.8, 4) is 23.0 Å². The molecule has 2 rings (SSSR count). The topological polar surface area (TPSA) is 53.7 Å². The van der Waals surface area contributed by atoms with Crippen LogP contribution in [0.4, 0.5) is 18.9 Å². The van der Waals surface area contributed by atoms with Gasteiger partial charge in [0.1, 0.15) is 17.2 Å². The third kappa shape index (κ3) is 4.20. The second kappa shape index (κ2) is 5.82. The summed E-state index contributed by atoms with van der Waals surface area (Å²) >= 11 is 0. The van der Waals surface area contributed by atoms with Gasteiger partial charge in [0.2, 0.25) is 0 Å². The smallest absolute Gasteiger partial charge is 0.497 e. The molecule has 2 aromatic rings. The Hall–Kier alpha value is -2.57. The first-order chi connectivity index (χ1) is 9.87. The van der Waals surface area contributed by atoms with E-state index in [0.717, 1.165) is 12.1 Å². The molecule has 0 atom stereocenters. The van der Waals surface area contributed by atoms with Crippen LogP contribution >= 0.6 is 0 Å². The number of hydrogen-bond donors (Lipinski definition) is 1. The van der Waals surface area contributed by atoms with Crippen LogP contribution in [-0.4, -0.2) is 13.5 Å². The van der Waals surface area contributed by atoms with Crippen LogP contribution in [0.2, 0.25) is 0 Å². The predicted molar refractivity (Wildman–Crippen MR) is 70.6 cm³/mol. The SMILES string of the molecule is COc1ccc(N)c(Oc2ccc(OC(F)(F)F)cc2)c1. The summed E-state index contributed by atoms with van der Waals surface area (Å²) in [5.41, 5.74) is 6.13. The molecule has 0 aliphatic rings. The average molecular weight is 299 g/mol. The number of nitrogen functional groups attached to an aromatic ring is 1. The Bertz CT molecular complexity index is 612. The lowest BCUT2D eigenvalue weighted by molar-refractivity contribution is -0.274. The number of ether oxygens (including phenoxy) is 3. The van der Waals surface area contributed by atoms with Crippen LogP contribution in [0.1, 0.15) is 0 Å². The van der Waals surface area contributed by atoms with Gasteiger partial charge >= 0.3 is 6.36 Å². The molecule has 2 aromatic carbocycles. The van der Waals surface area contributed by atoms with Crippen LogP contribution in [0.15, 0.2) is 42.5 Å². The summed E-state index contributed by atoms with van der Waals surface area (Å²) in [7, 11) is 1.50. The molecule has 0 spiro atoms. The van der Waals surface area contributed by atoms with Crippen LogP contribution in [0.5, 0.6) is 23.0 Å². The van der Waals surface area contributed by atoms with Gasteiger partial charge in [-0.2, -0.15) is 0 Å². The molecule has 0 unspecified atom stereocenters. The number of benzene rings is 2. The van der Waals surface area contributed by atoms with Crippen molar-refractivity contribution in [2.45, 2.75) is 6.36 Å². The highest BCUT2D eigenvalue weighted by Gasteiger charge is 2.30. The van der Waals surface area contributed by atoms with Crippen molar-refractivity contribution in [2.75, 3.05) is 12.8 Å². The quantitative estimate of drug-likeness (QED) is 0.868. The molecule has 0 amide bonds. The fourth-order valence-corrected chi connectivity index (χ4v) is 1.57. The van der Waals surface area contributed by atoms with Crippen LogP contribution in [0.3, 0.4) is 0 Å². The summed E-state index contributed by atoms with van der Waals surface area (Å²) < 4.78 is 50.4. The van der Waals surface area contributed by atoms with Gasteiger partial charge in [-0.1, -0.05) is 0 Å². The van der Waals surface area contributed by atoms with Crippen LogP contribution in [0, 0.1) is 0 Å². The van der Waals surface area contributed by atoms with E-state index in [1.165, 1.54) is 19.2 Å². The highest BCUT2D eigenvalue weighted by atomic mass is 19.4. The van der Waals surface area contributed by atoms with Gasteiger partial charge in [-0.05, 0) is 36.4 Å². The first kappa shape index (κ1) is 14.8. The van der Waals surface area contributed by atoms with Gasteiger partial charge in [0.05, 0.1) is 12.8 Å². The zero-order chi connectivity index (χ0) is 15.5. The van der Waals surface area contributed by atoms with E-state index in [1.807, 2.05) is 0 Å². The van der Waals surface area contributed by atoms with E-state index in [4.69, 9.17) is 15.2 Å². The Kier molecular flexibility index (Phi) is 4.11. The first-order valence-electron chi connectivity index (χ1n) is 5.84. The zero-order valence-corrected chi connectivity index (χ0v) is 11.0. The first-order valence-corrected chi connectivity index (χ1v) is 5.84. The molecule has 0 aromatic heterocycles. The molecule has 7 heteroatoms. The minimum atomic E-state index is -4.72. The third-order valence-electron chi connectivity index (χ3n) is 2.51. The molecule has 0 fully saturated rings. The summed E-state index contributed by atoms with van der Waals surface area (Å²) in [4.78, 5) is 0. The van der Waals surface area contributed by atoms with Crippen molar-refractivity contribution in [1.82, 2.24) is 0 Å². The fourth-order valence-electron chi connectivity index (χ4n) is 1.57. The van der Waals surface area contributed by atoms with Gasteiger partial charge in [-0.25, -0.2) is 0 Å². The number of anilines is 1. The highest BCUT2D eigenvalue weighted by molar-refractivity contribution is 5.57.